The van der Waals surface area contributed by atoms with Gasteiger partial charge in [0.15, 0.2) is 0 Å². The van der Waals surface area contributed by atoms with Crippen LogP contribution in [-0.2, 0) is 11.3 Å². The van der Waals surface area contributed by atoms with Crippen molar-refractivity contribution in [1.29, 1.82) is 0 Å². The maximum absolute atomic E-state index is 12.3. The molecule has 1 heterocycles. The van der Waals surface area contributed by atoms with Crippen LogP contribution in [0, 0.1) is 6.92 Å². The van der Waals surface area contributed by atoms with Crippen molar-refractivity contribution in [3.05, 3.63) is 63.0 Å². The van der Waals surface area contributed by atoms with Crippen LogP contribution in [0.3, 0.4) is 0 Å². The predicted molar refractivity (Wildman–Crippen MR) is 86.7 cm³/mol. The summed E-state index contributed by atoms with van der Waals surface area (Å²) in [7, 11) is 1.56. The topological polar surface area (TPSA) is 60.3 Å². The molecule has 1 aromatic heterocycles. The molecule has 116 valence electrons. The van der Waals surface area contributed by atoms with Crippen LogP contribution >= 0.6 is 11.6 Å². The number of methoxy groups -OCH3 is 1. The molecule has 0 atom stereocenters. The third kappa shape index (κ3) is 3.96. The summed E-state index contributed by atoms with van der Waals surface area (Å²) in [5.74, 6) is -0.322. The van der Waals surface area contributed by atoms with E-state index < -0.39 is 0 Å². The Morgan fingerprint density at radius 1 is 1.32 bits per heavy atom. The van der Waals surface area contributed by atoms with Gasteiger partial charge in [0.1, 0.15) is 0 Å². The third-order valence-corrected chi connectivity index (χ3v) is 3.47. The van der Waals surface area contributed by atoms with Gasteiger partial charge in [-0.1, -0.05) is 17.7 Å². The Balaban J connectivity index is 2.20. The van der Waals surface area contributed by atoms with Crippen molar-refractivity contribution in [2.45, 2.75) is 13.5 Å². The number of rotatable bonds is 5. The molecular weight excluding hydrogens is 304 g/mol. The molecule has 0 saturated carbocycles. The lowest BCUT2D eigenvalue weighted by Crippen LogP contribution is -2.23. The Morgan fingerprint density at radius 3 is 2.77 bits per heavy atom. The van der Waals surface area contributed by atoms with E-state index in [0.29, 0.717) is 29.4 Å². The number of halogens is 1. The molecule has 2 aromatic rings. The quantitative estimate of drug-likeness (QED) is 0.921. The molecule has 22 heavy (non-hydrogen) atoms. The summed E-state index contributed by atoms with van der Waals surface area (Å²) in [6, 6.07) is 8.23. The monoisotopic (exact) mass is 320 g/mol. The van der Waals surface area contributed by atoms with Crippen molar-refractivity contribution in [3.8, 4) is 0 Å². The summed E-state index contributed by atoms with van der Waals surface area (Å²) in [4.78, 5) is 24.0. The summed E-state index contributed by atoms with van der Waals surface area (Å²) in [5.41, 5.74) is 1.75. The van der Waals surface area contributed by atoms with Crippen LogP contribution in [0.15, 0.2) is 41.3 Å². The van der Waals surface area contributed by atoms with Crippen LogP contribution < -0.4 is 10.9 Å². The van der Waals surface area contributed by atoms with E-state index in [1.807, 2.05) is 13.0 Å². The van der Waals surface area contributed by atoms with Gasteiger partial charge < -0.3 is 14.6 Å². The standard InChI is InChI=1S/C16H17ClN2O3/c1-11-3-5-14(13(17)9-11)18-16(21)12-4-6-15(20)19(10-12)7-8-22-2/h3-6,9-10H,7-8H2,1-2H3,(H,18,21). The summed E-state index contributed by atoms with van der Waals surface area (Å²) in [6.45, 7) is 2.71. The Kier molecular flexibility index (Phi) is 5.35. The van der Waals surface area contributed by atoms with E-state index in [0.717, 1.165) is 5.56 Å². The maximum atomic E-state index is 12.3. The Hall–Kier alpha value is -2.11. The number of nitrogens with one attached hydrogen (secondary N) is 1. The number of anilines is 1. The fraction of sp³-hybridized carbons (Fsp3) is 0.250. The van der Waals surface area contributed by atoms with E-state index in [4.69, 9.17) is 16.3 Å². The smallest absolute Gasteiger partial charge is 0.257 e. The highest BCUT2D eigenvalue weighted by atomic mass is 35.5. The van der Waals surface area contributed by atoms with Crippen molar-refractivity contribution in [2.24, 2.45) is 0 Å². The fourth-order valence-electron chi connectivity index (χ4n) is 1.95. The zero-order valence-electron chi connectivity index (χ0n) is 12.4. The van der Waals surface area contributed by atoms with Crippen molar-refractivity contribution in [2.75, 3.05) is 19.0 Å². The van der Waals surface area contributed by atoms with Gasteiger partial charge in [-0.05, 0) is 30.7 Å². The highest BCUT2D eigenvalue weighted by molar-refractivity contribution is 6.34. The normalized spacial score (nSPS) is 10.5. The minimum atomic E-state index is -0.322. The number of hydrogen-bond donors (Lipinski definition) is 1. The van der Waals surface area contributed by atoms with Crippen LogP contribution in [0.4, 0.5) is 5.69 Å². The highest BCUT2D eigenvalue weighted by Crippen LogP contribution is 2.23. The molecule has 1 N–H and O–H groups in total. The number of carbonyl (C=O) groups is 1. The third-order valence-electron chi connectivity index (χ3n) is 3.15. The lowest BCUT2D eigenvalue weighted by atomic mass is 10.2. The van der Waals surface area contributed by atoms with Crippen LogP contribution in [-0.4, -0.2) is 24.2 Å². The van der Waals surface area contributed by atoms with Crippen LogP contribution in [0.25, 0.3) is 0 Å². The molecule has 0 aliphatic heterocycles. The van der Waals surface area contributed by atoms with Crippen molar-refractivity contribution < 1.29 is 9.53 Å². The first-order chi connectivity index (χ1) is 10.5. The first-order valence-corrected chi connectivity index (χ1v) is 7.16. The highest BCUT2D eigenvalue weighted by Gasteiger charge is 2.10. The van der Waals surface area contributed by atoms with E-state index in [9.17, 15) is 9.59 Å². The zero-order valence-corrected chi connectivity index (χ0v) is 13.2. The van der Waals surface area contributed by atoms with Crippen LogP contribution in [0.2, 0.25) is 5.02 Å². The maximum Gasteiger partial charge on any atom is 0.257 e. The first kappa shape index (κ1) is 16.3. The molecule has 5 nitrogen and oxygen atoms in total. The zero-order chi connectivity index (χ0) is 16.1. The fourth-order valence-corrected chi connectivity index (χ4v) is 2.23. The second-order valence-corrected chi connectivity index (χ2v) is 5.29. The predicted octanol–water partition coefficient (Wildman–Crippen LogP) is 2.71. The number of nitrogens with zero attached hydrogens (tertiary/aromatic N) is 1. The van der Waals surface area contributed by atoms with Gasteiger partial charge in [0.25, 0.3) is 11.5 Å². The number of amides is 1. The molecule has 0 spiro atoms. The summed E-state index contributed by atoms with van der Waals surface area (Å²) >= 11 is 6.10. The lowest BCUT2D eigenvalue weighted by molar-refractivity contribution is 0.102. The van der Waals surface area contributed by atoms with Gasteiger partial charge in [0, 0.05) is 25.9 Å². The summed E-state index contributed by atoms with van der Waals surface area (Å²) in [6.07, 6.45) is 1.51. The van der Waals surface area contributed by atoms with Crippen LogP contribution in [0.1, 0.15) is 15.9 Å². The van der Waals surface area contributed by atoms with Crippen LogP contribution in [0.5, 0.6) is 0 Å². The molecule has 0 fully saturated rings. The van der Waals surface area contributed by atoms with E-state index in [1.165, 1.54) is 22.9 Å². The van der Waals surface area contributed by atoms with Gasteiger partial charge in [-0.25, -0.2) is 0 Å². The molecule has 0 bridgehead atoms. The van der Waals surface area contributed by atoms with Crippen molar-refractivity contribution in [1.82, 2.24) is 4.57 Å². The van der Waals surface area contributed by atoms with Gasteiger partial charge in [0.2, 0.25) is 0 Å². The second-order valence-electron chi connectivity index (χ2n) is 4.88. The molecule has 1 amide bonds. The molecule has 0 aliphatic carbocycles. The first-order valence-electron chi connectivity index (χ1n) is 6.78. The van der Waals surface area contributed by atoms with E-state index in [2.05, 4.69) is 5.32 Å². The lowest BCUT2D eigenvalue weighted by Gasteiger charge is -2.10. The van der Waals surface area contributed by atoms with Gasteiger partial charge in [-0.3, -0.25) is 9.59 Å². The van der Waals surface area contributed by atoms with Crippen molar-refractivity contribution in [3.63, 3.8) is 0 Å². The summed E-state index contributed by atoms with van der Waals surface area (Å²) < 4.78 is 6.39. The number of aromatic nitrogens is 1. The molecular formula is C16H17ClN2O3. The minimum absolute atomic E-state index is 0.179. The average molecular weight is 321 g/mol. The minimum Gasteiger partial charge on any atom is -0.383 e. The molecule has 0 radical (unpaired) electrons. The number of benzene rings is 1. The molecule has 0 aliphatic rings. The molecule has 0 saturated heterocycles. The average Bonchev–Trinajstić information content (AvgIpc) is 2.49. The number of hydrogen-bond acceptors (Lipinski definition) is 3. The Bertz CT molecular complexity index is 740. The van der Waals surface area contributed by atoms with E-state index in [-0.39, 0.29) is 11.5 Å². The van der Waals surface area contributed by atoms with Gasteiger partial charge in [-0.2, -0.15) is 0 Å². The Labute approximate surface area is 133 Å². The van der Waals surface area contributed by atoms with E-state index in [1.54, 1.807) is 19.2 Å². The number of carbonyl (C=O) groups excluding carboxylic acids is 1. The second kappa shape index (κ2) is 7.24. The van der Waals surface area contributed by atoms with E-state index >= 15 is 0 Å². The molecule has 6 heteroatoms. The SMILES string of the molecule is COCCn1cc(C(=O)Nc2ccc(C)cc2Cl)ccc1=O. The number of pyridine rings is 1. The molecule has 2 rings (SSSR count). The molecule has 0 unspecified atom stereocenters. The van der Waals surface area contributed by atoms with Gasteiger partial charge >= 0.3 is 0 Å². The Morgan fingerprint density at radius 2 is 2.09 bits per heavy atom. The van der Waals surface area contributed by atoms with Crippen molar-refractivity contribution >= 4 is 23.2 Å². The largest absolute Gasteiger partial charge is 0.383 e. The molecule has 1 aromatic carbocycles. The number of aryl methyl sites for hydroxylation is 1. The van der Waals surface area contributed by atoms with Gasteiger partial charge in [-0.15, -0.1) is 0 Å². The number of ether oxygens (including phenoxy) is 1. The van der Waals surface area contributed by atoms with Gasteiger partial charge in [0.05, 0.1) is 22.9 Å². The summed E-state index contributed by atoms with van der Waals surface area (Å²) in [5, 5.41) is 3.21.